The van der Waals surface area contributed by atoms with Gasteiger partial charge in [-0.05, 0) is 58.0 Å². The molecule has 1 aliphatic carbocycles. The van der Waals surface area contributed by atoms with Gasteiger partial charge in [-0.15, -0.1) is 0 Å². The smallest absolute Gasteiger partial charge is 0.337 e. The average molecular weight is 839 g/mol. The van der Waals surface area contributed by atoms with Crippen LogP contribution in [0.15, 0.2) is 97.6 Å². The summed E-state index contributed by atoms with van der Waals surface area (Å²) in [5.74, 6) is -4.84. The number of aromatic amines is 4. The van der Waals surface area contributed by atoms with Crippen LogP contribution in [0.4, 0.5) is 0 Å². The maximum absolute atomic E-state index is 14.1. The van der Waals surface area contributed by atoms with E-state index in [1.54, 1.807) is 24.8 Å². The molecule has 5 N–H and O–H groups in total. The van der Waals surface area contributed by atoms with Crippen LogP contribution in [0, 0.1) is 5.92 Å². The summed E-state index contributed by atoms with van der Waals surface area (Å²) in [6, 6.07) is 21.9. The average Bonchev–Trinajstić information content (AvgIpc) is 4.06. The van der Waals surface area contributed by atoms with E-state index in [0.29, 0.717) is 22.3 Å². The van der Waals surface area contributed by atoms with Gasteiger partial charge in [0.2, 0.25) is 12.4 Å². The number of fused-ring (bicyclic) bond motifs is 4. The van der Waals surface area contributed by atoms with E-state index in [-0.39, 0.29) is 31.6 Å². The van der Waals surface area contributed by atoms with Gasteiger partial charge in [0.05, 0.1) is 25.7 Å². The standard InChI is InChI=1S/C47H42N4O11/c1-25-14-15-37-33(16-25)29(24-51-37)20-40(54)60-45-43(59-39(53)18-27-22-49-35-12-6-3-9-31(27)35)42(58-38(52)17-26-21-48-34-11-5-2-8-30(26)34)44(46(56)57)62-47(45)61-41(55)19-28-23-50-36-13-7-4-10-32(28)36/h2-13,15-16,21-25,42-45,47-51H,14,17-20H2,1H3,(H,56,57)/t25?,42-,43-,44-,45+,47?/m0/s1. The minimum atomic E-state index is -2.04. The largest absolute Gasteiger partial charge is 0.479 e. The first-order valence-corrected chi connectivity index (χ1v) is 20.3. The Morgan fingerprint density at radius 2 is 1.02 bits per heavy atom. The number of para-hydroxylation sites is 3. The number of carboxylic acid groups (broad SMARTS) is 1. The highest BCUT2D eigenvalue weighted by Crippen LogP contribution is 2.32. The number of benzene rings is 3. The van der Waals surface area contributed by atoms with E-state index in [2.05, 4.69) is 26.9 Å². The highest BCUT2D eigenvalue weighted by Gasteiger charge is 2.56. The van der Waals surface area contributed by atoms with E-state index in [4.69, 9.17) is 23.7 Å². The van der Waals surface area contributed by atoms with Gasteiger partial charge in [-0.25, -0.2) is 4.79 Å². The number of ether oxygens (including phenoxy) is 5. The van der Waals surface area contributed by atoms with Crippen molar-refractivity contribution in [1.29, 1.82) is 0 Å². The van der Waals surface area contributed by atoms with Crippen molar-refractivity contribution in [3.63, 3.8) is 0 Å². The van der Waals surface area contributed by atoms with Gasteiger partial charge < -0.3 is 48.7 Å². The Balaban J connectivity index is 1.06. The summed E-state index contributed by atoms with van der Waals surface area (Å²) in [5, 5.41) is 14.5. The zero-order valence-electron chi connectivity index (χ0n) is 33.4. The Morgan fingerprint density at radius 3 is 1.53 bits per heavy atom. The fourth-order valence-corrected chi connectivity index (χ4v) is 8.36. The summed E-state index contributed by atoms with van der Waals surface area (Å²) in [7, 11) is 0. The molecule has 0 amide bonds. The number of hydrogen-bond donors (Lipinski definition) is 5. The van der Waals surface area contributed by atoms with E-state index in [1.165, 1.54) is 0 Å². The van der Waals surface area contributed by atoms with Gasteiger partial charge in [0.1, 0.15) is 0 Å². The molecule has 6 atom stereocenters. The van der Waals surface area contributed by atoms with Gasteiger partial charge in [0.15, 0.2) is 18.3 Å². The zero-order chi connectivity index (χ0) is 42.9. The minimum Gasteiger partial charge on any atom is -0.479 e. The third-order valence-electron chi connectivity index (χ3n) is 11.3. The van der Waals surface area contributed by atoms with Crippen LogP contribution in [0.2, 0.25) is 0 Å². The molecule has 4 aromatic heterocycles. The van der Waals surface area contributed by atoms with Crippen molar-refractivity contribution in [3.05, 3.63) is 130 Å². The summed E-state index contributed by atoms with van der Waals surface area (Å²) in [6.07, 6.45) is 0.909. The summed E-state index contributed by atoms with van der Waals surface area (Å²) >= 11 is 0. The first-order chi connectivity index (χ1) is 30.1. The first-order valence-electron chi connectivity index (χ1n) is 20.3. The lowest BCUT2D eigenvalue weighted by molar-refractivity contribution is -0.294. The highest BCUT2D eigenvalue weighted by atomic mass is 16.7. The number of H-pyrrole nitrogens is 4. The van der Waals surface area contributed by atoms with Crippen molar-refractivity contribution in [1.82, 2.24) is 19.9 Å². The highest BCUT2D eigenvalue weighted by molar-refractivity contribution is 5.89. The van der Waals surface area contributed by atoms with E-state index in [0.717, 1.165) is 49.7 Å². The van der Waals surface area contributed by atoms with Gasteiger partial charge in [0, 0.05) is 62.8 Å². The topological polar surface area (TPSA) is 215 Å². The predicted octanol–water partition coefficient (Wildman–Crippen LogP) is 4.42. The normalized spacial score (nSPS) is 20.8. The molecule has 1 aliphatic heterocycles. The Morgan fingerprint density at radius 1 is 0.581 bits per heavy atom. The molecule has 0 saturated carbocycles. The van der Waals surface area contributed by atoms with E-state index >= 15 is 0 Å². The molecule has 3 aromatic carbocycles. The van der Waals surface area contributed by atoms with Crippen molar-refractivity contribution >= 4 is 74.7 Å². The Kier molecular flexibility index (Phi) is 10.9. The molecule has 15 heteroatoms. The van der Waals surface area contributed by atoms with Crippen LogP contribution >= 0.6 is 0 Å². The Bertz CT molecular complexity index is 2970. The lowest BCUT2D eigenvalue weighted by Gasteiger charge is -2.42. The zero-order valence-corrected chi connectivity index (χ0v) is 33.4. The number of carbonyl (C=O) groups excluding carboxylic acids is 4. The van der Waals surface area contributed by atoms with E-state index < -0.39 is 60.6 Å². The lowest BCUT2D eigenvalue weighted by Crippen LogP contribution is -2.64. The van der Waals surface area contributed by atoms with Crippen molar-refractivity contribution < 1.29 is 52.8 Å². The van der Waals surface area contributed by atoms with Gasteiger partial charge in [-0.2, -0.15) is 0 Å². The molecule has 7 aromatic rings. The van der Waals surface area contributed by atoms with Crippen molar-refractivity contribution in [2.45, 2.75) is 69.7 Å². The lowest BCUT2D eigenvalue weighted by atomic mass is 9.97. The first kappa shape index (κ1) is 40.0. The van der Waals surface area contributed by atoms with Gasteiger partial charge in [0.25, 0.3) is 0 Å². The molecular weight excluding hydrogens is 797 g/mol. The molecule has 2 aliphatic rings. The van der Waals surface area contributed by atoms with Crippen LogP contribution in [0.1, 0.15) is 35.6 Å². The Labute approximate surface area is 352 Å². The van der Waals surface area contributed by atoms with E-state index in [9.17, 15) is 29.1 Å². The van der Waals surface area contributed by atoms with Gasteiger partial charge >= 0.3 is 29.8 Å². The van der Waals surface area contributed by atoms with Crippen molar-refractivity contribution in [2.75, 3.05) is 0 Å². The number of aromatic nitrogens is 4. The molecule has 1 fully saturated rings. The minimum absolute atomic E-state index is 0.217. The monoisotopic (exact) mass is 838 g/mol. The third-order valence-corrected chi connectivity index (χ3v) is 11.3. The second kappa shape index (κ2) is 16.9. The molecule has 316 valence electrons. The number of hydrogen-bond acceptors (Lipinski definition) is 10. The molecule has 1 saturated heterocycles. The molecule has 0 spiro atoms. The molecule has 0 bridgehead atoms. The summed E-state index contributed by atoms with van der Waals surface area (Å²) in [5.41, 5.74) is 4.63. The third kappa shape index (κ3) is 8.21. The maximum Gasteiger partial charge on any atom is 0.337 e. The van der Waals surface area contributed by atoms with E-state index in [1.807, 2.05) is 84.9 Å². The van der Waals surface area contributed by atoms with Crippen molar-refractivity contribution in [3.8, 4) is 0 Å². The Hall–Kier alpha value is -7.39. The van der Waals surface area contributed by atoms with Crippen LogP contribution in [0.5, 0.6) is 0 Å². The number of rotatable bonds is 13. The van der Waals surface area contributed by atoms with Crippen LogP contribution in [-0.4, -0.2) is 85.6 Å². The summed E-state index contributed by atoms with van der Waals surface area (Å²) in [4.78, 5) is 81.3. The maximum atomic E-state index is 14.1. The molecular formula is C47H42N4O11. The van der Waals surface area contributed by atoms with Crippen LogP contribution in [0.25, 0.3) is 44.9 Å². The molecule has 5 heterocycles. The fourth-order valence-electron chi connectivity index (χ4n) is 8.36. The summed E-state index contributed by atoms with van der Waals surface area (Å²) < 4.78 is 29.8. The predicted molar refractivity (Wildman–Crippen MR) is 224 cm³/mol. The molecule has 0 radical (unpaired) electrons. The SMILES string of the molecule is CC1C=c2c(CC(=O)O[C@H]3C(OC(=O)Cc4c[nH]c5ccccc45)O[C@H](C(=O)O)[C@@H](OC(=O)Cc4c[nH]c5ccccc45)[C@@H]3OC(=O)Cc3c[nH]c4ccccc34)c[nH]c2=CC1. The van der Waals surface area contributed by atoms with Crippen LogP contribution in [0.3, 0.4) is 0 Å². The number of aliphatic carboxylic acids is 1. The summed E-state index contributed by atoms with van der Waals surface area (Å²) in [6.45, 7) is 2.05. The molecule has 15 nitrogen and oxygen atoms in total. The molecule has 2 unspecified atom stereocenters. The second-order valence-electron chi connectivity index (χ2n) is 15.6. The quantitative estimate of drug-likeness (QED) is 0.0810. The van der Waals surface area contributed by atoms with Gasteiger partial charge in [-0.3, -0.25) is 19.2 Å². The molecule has 9 rings (SSSR count). The van der Waals surface area contributed by atoms with Crippen molar-refractivity contribution in [2.24, 2.45) is 5.92 Å². The van der Waals surface area contributed by atoms with Crippen LogP contribution in [-0.2, 0) is 73.3 Å². The van der Waals surface area contributed by atoms with Crippen LogP contribution < -0.4 is 10.6 Å². The number of nitrogens with one attached hydrogen (secondary N) is 4. The number of esters is 4. The number of carbonyl (C=O) groups is 5. The fraction of sp³-hybridized carbons (Fsp3) is 0.255. The molecule has 62 heavy (non-hydrogen) atoms. The van der Waals surface area contributed by atoms with Gasteiger partial charge in [-0.1, -0.05) is 73.7 Å². The number of carboxylic acids is 1. The second-order valence-corrected chi connectivity index (χ2v) is 15.6.